The van der Waals surface area contributed by atoms with Crippen molar-refractivity contribution in [2.75, 3.05) is 6.61 Å². The van der Waals surface area contributed by atoms with Crippen LogP contribution in [0.4, 0.5) is 4.79 Å². The van der Waals surface area contributed by atoms with Crippen LogP contribution in [0.3, 0.4) is 0 Å². The van der Waals surface area contributed by atoms with Gasteiger partial charge in [-0.3, -0.25) is 4.79 Å². The van der Waals surface area contributed by atoms with E-state index in [0.717, 1.165) is 0 Å². The van der Waals surface area contributed by atoms with E-state index in [1.807, 2.05) is 0 Å². The molecule has 2 amide bonds. The van der Waals surface area contributed by atoms with Crippen LogP contribution in [0.1, 0.15) is 27.7 Å². The minimum atomic E-state index is -1.04. The fraction of sp³-hybridized carbons (Fsp3) is 0.667. The van der Waals surface area contributed by atoms with Crippen molar-refractivity contribution < 1.29 is 19.4 Å². The summed E-state index contributed by atoms with van der Waals surface area (Å²) in [7, 11) is 0. The highest BCUT2D eigenvalue weighted by Gasteiger charge is 2.24. The van der Waals surface area contributed by atoms with E-state index < -0.39 is 30.3 Å². The van der Waals surface area contributed by atoms with E-state index in [9.17, 15) is 9.59 Å². The molecule has 0 aromatic carbocycles. The van der Waals surface area contributed by atoms with Gasteiger partial charge in [0.1, 0.15) is 11.6 Å². The first-order chi connectivity index (χ1) is 8.19. The van der Waals surface area contributed by atoms with Crippen LogP contribution < -0.4 is 10.6 Å². The monoisotopic (exact) mass is 258 g/mol. The van der Waals surface area contributed by atoms with Crippen LogP contribution in [-0.2, 0) is 9.53 Å². The van der Waals surface area contributed by atoms with Crippen LogP contribution in [0.15, 0.2) is 12.7 Å². The molecule has 0 unspecified atom stereocenters. The van der Waals surface area contributed by atoms with Crippen molar-refractivity contribution in [1.82, 2.24) is 10.6 Å². The van der Waals surface area contributed by atoms with Crippen LogP contribution in [0, 0.1) is 0 Å². The fourth-order valence-electron chi connectivity index (χ4n) is 1.03. The standard InChI is InChI=1S/C12H22N2O4/c1-6-8(2)13-10(16)9(7-15)14-11(17)18-12(3,4)5/h6,8-9,15H,1,7H2,2-5H3,(H,13,16)(H,14,17)/t8-,9-/m0/s1. The number of ether oxygens (including phenoxy) is 1. The molecule has 104 valence electrons. The lowest BCUT2D eigenvalue weighted by molar-refractivity contribution is -0.124. The molecule has 0 heterocycles. The zero-order valence-electron chi connectivity index (χ0n) is 11.3. The van der Waals surface area contributed by atoms with Crippen molar-refractivity contribution in [3.05, 3.63) is 12.7 Å². The van der Waals surface area contributed by atoms with Crippen LogP contribution in [0.25, 0.3) is 0 Å². The molecule has 6 heteroatoms. The van der Waals surface area contributed by atoms with Crippen LogP contribution >= 0.6 is 0 Å². The molecular formula is C12H22N2O4. The van der Waals surface area contributed by atoms with Gasteiger partial charge in [0.2, 0.25) is 5.91 Å². The zero-order valence-corrected chi connectivity index (χ0v) is 11.3. The summed E-state index contributed by atoms with van der Waals surface area (Å²) in [6, 6.07) is -1.28. The van der Waals surface area contributed by atoms with Crippen molar-refractivity contribution in [2.24, 2.45) is 0 Å². The molecule has 0 saturated carbocycles. The third-order valence-electron chi connectivity index (χ3n) is 1.91. The van der Waals surface area contributed by atoms with Crippen molar-refractivity contribution in [2.45, 2.75) is 45.4 Å². The Hall–Kier alpha value is -1.56. The number of amides is 2. The highest BCUT2D eigenvalue weighted by Crippen LogP contribution is 2.06. The number of rotatable bonds is 5. The molecule has 0 rings (SSSR count). The summed E-state index contributed by atoms with van der Waals surface area (Å²) in [6.07, 6.45) is 0.794. The van der Waals surface area contributed by atoms with Gasteiger partial charge in [-0.25, -0.2) is 4.79 Å². The Labute approximate surface area is 107 Å². The molecular weight excluding hydrogens is 236 g/mol. The smallest absolute Gasteiger partial charge is 0.408 e. The number of carbonyl (C=O) groups is 2. The summed E-state index contributed by atoms with van der Waals surface area (Å²) >= 11 is 0. The van der Waals surface area contributed by atoms with E-state index >= 15 is 0 Å². The highest BCUT2D eigenvalue weighted by molar-refractivity contribution is 5.86. The highest BCUT2D eigenvalue weighted by atomic mass is 16.6. The molecule has 0 aromatic rings. The summed E-state index contributed by atoms with van der Waals surface area (Å²) in [5.74, 6) is -0.490. The van der Waals surface area contributed by atoms with Gasteiger partial charge in [-0.2, -0.15) is 0 Å². The van der Waals surface area contributed by atoms with Gasteiger partial charge in [-0.15, -0.1) is 6.58 Å². The van der Waals surface area contributed by atoms with E-state index in [4.69, 9.17) is 9.84 Å². The first-order valence-corrected chi connectivity index (χ1v) is 5.73. The second-order valence-electron chi connectivity index (χ2n) is 4.91. The van der Waals surface area contributed by atoms with Crippen LogP contribution in [0.2, 0.25) is 0 Å². The number of aliphatic hydroxyl groups excluding tert-OH is 1. The lowest BCUT2D eigenvalue weighted by atomic mass is 10.2. The average molecular weight is 258 g/mol. The Bertz CT molecular complexity index is 310. The molecule has 6 nitrogen and oxygen atoms in total. The molecule has 2 atom stereocenters. The predicted octanol–water partition coefficient (Wildman–Crippen LogP) is 0.563. The lowest BCUT2D eigenvalue weighted by Crippen LogP contribution is -2.51. The molecule has 0 aliphatic rings. The summed E-state index contributed by atoms with van der Waals surface area (Å²) in [5, 5.41) is 13.9. The summed E-state index contributed by atoms with van der Waals surface area (Å²) < 4.78 is 4.99. The number of nitrogens with one attached hydrogen (secondary N) is 2. The Kier molecular flexibility index (Phi) is 6.40. The van der Waals surface area contributed by atoms with Crippen LogP contribution in [-0.4, -0.2) is 41.4 Å². The van der Waals surface area contributed by atoms with Crippen molar-refractivity contribution >= 4 is 12.0 Å². The Morgan fingerprint density at radius 3 is 2.33 bits per heavy atom. The van der Waals surface area contributed by atoms with Gasteiger partial charge in [0.15, 0.2) is 0 Å². The first-order valence-electron chi connectivity index (χ1n) is 5.73. The fourth-order valence-corrected chi connectivity index (χ4v) is 1.03. The first kappa shape index (κ1) is 16.4. The van der Waals surface area contributed by atoms with E-state index in [1.165, 1.54) is 0 Å². The lowest BCUT2D eigenvalue weighted by Gasteiger charge is -2.23. The van der Waals surface area contributed by atoms with E-state index in [-0.39, 0.29) is 6.04 Å². The van der Waals surface area contributed by atoms with E-state index in [2.05, 4.69) is 17.2 Å². The number of carbonyl (C=O) groups excluding carboxylic acids is 2. The van der Waals surface area contributed by atoms with E-state index in [1.54, 1.807) is 33.8 Å². The average Bonchev–Trinajstić information content (AvgIpc) is 2.22. The van der Waals surface area contributed by atoms with Crippen molar-refractivity contribution in [3.8, 4) is 0 Å². The zero-order chi connectivity index (χ0) is 14.3. The largest absolute Gasteiger partial charge is 0.444 e. The summed E-state index contributed by atoms with van der Waals surface area (Å²) in [5.41, 5.74) is -0.658. The van der Waals surface area contributed by atoms with E-state index in [0.29, 0.717) is 0 Å². The minimum absolute atomic E-state index is 0.244. The van der Waals surface area contributed by atoms with Gasteiger partial charge in [0, 0.05) is 6.04 Å². The van der Waals surface area contributed by atoms with Gasteiger partial charge in [0.05, 0.1) is 6.61 Å². The number of aliphatic hydroxyl groups is 1. The molecule has 0 fully saturated rings. The van der Waals surface area contributed by atoms with Gasteiger partial charge in [-0.05, 0) is 27.7 Å². The molecule has 0 aliphatic carbocycles. The topological polar surface area (TPSA) is 87.7 Å². The third-order valence-corrected chi connectivity index (χ3v) is 1.91. The normalized spacial score (nSPS) is 14.3. The maximum atomic E-state index is 11.7. The third kappa shape index (κ3) is 6.90. The maximum absolute atomic E-state index is 11.7. The van der Waals surface area contributed by atoms with Gasteiger partial charge < -0.3 is 20.5 Å². The van der Waals surface area contributed by atoms with Crippen molar-refractivity contribution in [1.29, 1.82) is 0 Å². The maximum Gasteiger partial charge on any atom is 0.408 e. The molecule has 0 bridgehead atoms. The molecule has 0 spiro atoms. The quantitative estimate of drug-likeness (QED) is 0.629. The SMILES string of the molecule is C=C[C@H](C)NC(=O)[C@H](CO)NC(=O)OC(C)(C)C. The number of hydrogen-bond acceptors (Lipinski definition) is 4. The van der Waals surface area contributed by atoms with Crippen molar-refractivity contribution in [3.63, 3.8) is 0 Å². The Morgan fingerprint density at radius 1 is 1.39 bits per heavy atom. The number of hydrogen-bond donors (Lipinski definition) is 3. The molecule has 0 saturated heterocycles. The van der Waals surface area contributed by atoms with Gasteiger partial charge >= 0.3 is 6.09 Å². The van der Waals surface area contributed by atoms with Gasteiger partial charge in [-0.1, -0.05) is 6.08 Å². The molecule has 18 heavy (non-hydrogen) atoms. The second kappa shape index (κ2) is 7.00. The Morgan fingerprint density at radius 2 is 1.94 bits per heavy atom. The summed E-state index contributed by atoms with van der Waals surface area (Å²) in [6.45, 7) is 9.87. The predicted molar refractivity (Wildman–Crippen MR) is 68.0 cm³/mol. The Balaban J connectivity index is 4.38. The molecule has 0 aliphatic heterocycles. The molecule has 3 N–H and O–H groups in total. The van der Waals surface area contributed by atoms with Crippen LogP contribution in [0.5, 0.6) is 0 Å². The van der Waals surface area contributed by atoms with Gasteiger partial charge in [0.25, 0.3) is 0 Å². The molecule has 0 aromatic heterocycles. The number of alkyl carbamates (subject to hydrolysis) is 1. The minimum Gasteiger partial charge on any atom is -0.444 e. The second-order valence-corrected chi connectivity index (χ2v) is 4.91. The summed E-state index contributed by atoms with van der Waals surface area (Å²) in [4.78, 5) is 23.1. The molecule has 0 radical (unpaired) electrons.